The minimum Gasteiger partial charge on any atom is -0.480 e. The molecule has 1 unspecified atom stereocenters. The molecule has 1 fully saturated rings. The highest BCUT2D eigenvalue weighted by molar-refractivity contribution is 7.99. The van der Waals surface area contributed by atoms with Crippen molar-refractivity contribution in [2.45, 2.75) is 13.0 Å². The summed E-state index contributed by atoms with van der Waals surface area (Å²) in [5, 5.41) is 8.85. The number of nitrogens with zero attached hydrogens (tertiary/aromatic N) is 1. The number of aliphatic carboxylic acids is 1. The number of hydrogen-bond acceptors (Lipinski definition) is 4. The Kier molecular flexibility index (Phi) is 3.77. The average molecular weight is 218 g/mol. The molecule has 0 aromatic rings. The van der Waals surface area contributed by atoms with Crippen LogP contribution in [-0.4, -0.2) is 46.1 Å². The maximum atomic E-state index is 11.7. The van der Waals surface area contributed by atoms with E-state index in [1.165, 1.54) is 16.7 Å². The Morgan fingerprint density at radius 3 is 2.86 bits per heavy atom. The van der Waals surface area contributed by atoms with Gasteiger partial charge in [0.2, 0.25) is 5.91 Å². The minimum absolute atomic E-state index is 0.162. The molecule has 14 heavy (non-hydrogen) atoms. The zero-order valence-electron chi connectivity index (χ0n) is 7.97. The van der Waals surface area contributed by atoms with E-state index in [0.717, 1.165) is 0 Å². The number of thioether (sulfide) groups is 1. The molecule has 3 N–H and O–H groups in total. The zero-order valence-corrected chi connectivity index (χ0v) is 8.79. The van der Waals surface area contributed by atoms with E-state index in [4.69, 9.17) is 10.8 Å². The molecule has 1 heterocycles. The second-order valence-corrected chi connectivity index (χ2v) is 4.30. The van der Waals surface area contributed by atoms with Crippen LogP contribution < -0.4 is 5.73 Å². The smallest absolute Gasteiger partial charge is 0.327 e. The molecular weight excluding hydrogens is 204 g/mol. The fourth-order valence-corrected chi connectivity index (χ4v) is 2.40. The molecule has 1 aliphatic heterocycles. The van der Waals surface area contributed by atoms with Crippen molar-refractivity contribution in [3.05, 3.63) is 0 Å². The number of carboxylic acids is 1. The monoisotopic (exact) mass is 218 g/mol. The van der Waals surface area contributed by atoms with Crippen LogP contribution >= 0.6 is 11.8 Å². The summed E-state index contributed by atoms with van der Waals surface area (Å²) in [5.41, 5.74) is 5.36. The third-order valence-corrected chi connectivity index (χ3v) is 3.24. The summed E-state index contributed by atoms with van der Waals surface area (Å²) in [7, 11) is 0. The predicted octanol–water partition coefficient (Wildman–Crippen LogP) is -0.433. The molecule has 0 radical (unpaired) electrons. The largest absolute Gasteiger partial charge is 0.480 e. The molecule has 6 heteroatoms. The first-order valence-corrected chi connectivity index (χ1v) is 5.54. The standard InChI is InChI=1S/C8H14N2O3S/c1-5(2-9)7(11)10-4-14-3-6(10)8(12)13/h5-6H,2-4,9H2,1H3,(H,12,13)/t5?,6-/m0/s1. The molecule has 0 bridgehead atoms. The Balaban J connectivity index is 2.67. The number of carbonyl (C=O) groups is 2. The van der Waals surface area contributed by atoms with Crippen LogP contribution in [-0.2, 0) is 9.59 Å². The van der Waals surface area contributed by atoms with Gasteiger partial charge >= 0.3 is 5.97 Å². The van der Waals surface area contributed by atoms with Crippen molar-refractivity contribution in [3.63, 3.8) is 0 Å². The van der Waals surface area contributed by atoms with E-state index in [-0.39, 0.29) is 18.4 Å². The van der Waals surface area contributed by atoms with E-state index in [2.05, 4.69) is 0 Å². The quantitative estimate of drug-likeness (QED) is 0.671. The van der Waals surface area contributed by atoms with Crippen LogP contribution in [0.3, 0.4) is 0 Å². The first-order valence-electron chi connectivity index (χ1n) is 4.39. The molecule has 0 spiro atoms. The second-order valence-electron chi connectivity index (χ2n) is 3.30. The third kappa shape index (κ3) is 2.19. The molecule has 5 nitrogen and oxygen atoms in total. The number of carboxylic acid groups (broad SMARTS) is 1. The van der Waals surface area contributed by atoms with Crippen LogP contribution in [0.25, 0.3) is 0 Å². The molecule has 1 amide bonds. The first kappa shape index (κ1) is 11.3. The number of carbonyl (C=O) groups excluding carboxylic acids is 1. The van der Waals surface area contributed by atoms with Gasteiger partial charge in [0.1, 0.15) is 6.04 Å². The highest BCUT2D eigenvalue weighted by Gasteiger charge is 2.35. The summed E-state index contributed by atoms with van der Waals surface area (Å²) in [6.07, 6.45) is 0. The van der Waals surface area contributed by atoms with Gasteiger partial charge in [0.25, 0.3) is 0 Å². The lowest BCUT2D eigenvalue weighted by atomic mass is 10.1. The van der Waals surface area contributed by atoms with Gasteiger partial charge in [-0.2, -0.15) is 0 Å². The molecule has 0 aromatic heterocycles. The van der Waals surface area contributed by atoms with Crippen LogP contribution in [0.15, 0.2) is 0 Å². The zero-order chi connectivity index (χ0) is 10.7. The van der Waals surface area contributed by atoms with Crippen molar-refractivity contribution >= 4 is 23.6 Å². The normalized spacial score (nSPS) is 23.6. The minimum atomic E-state index is -0.937. The maximum Gasteiger partial charge on any atom is 0.327 e. The average Bonchev–Trinajstić information content (AvgIpc) is 2.63. The molecule has 1 saturated heterocycles. The first-order chi connectivity index (χ1) is 6.57. The summed E-state index contributed by atoms with van der Waals surface area (Å²) in [5.74, 6) is -0.466. The van der Waals surface area contributed by atoms with E-state index in [1.54, 1.807) is 6.92 Å². The van der Waals surface area contributed by atoms with Gasteiger partial charge in [-0.25, -0.2) is 4.79 Å². The summed E-state index contributed by atoms with van der Waals surface area (Å²) >= 11 is 1.46. The Morgan fingerprint density at radius 2 is 2.36 bits per heavy atom. The molecule has 1 aliphatic rings. The van der Waals surface area contributed by atoms with Crippen molar-refractivity contribution in [3.8, 4) is 0 Å². The van der Waals surface area contributed by atoms with Crippen LogP contribution in [0.2, 0.25) is 0 Å². The van der Waals surface area contributed by atoms with Crippen molar-refractivity contribution in [1.29, 1.82) is 0 Å². The number of amides is 1. The van der Waals surface area contributed by atoms with Gasteiger partial charge in [-0.05, 0) is 0 Å². The van der Waals surface area contributed by atoms with Gasteiger partial charge in [-0.3, -0.25) is 4.79 Å². The molecule has 80 valence electrons. The van der Waals surface area contributed by atoms with Crippen molar-refractivity contribution in [2.75, 3.05) is 18.2 Å². The number of nitrogens with two attached hydrogens (primary N) is 1. The van der Waals surface area contributed by atoms with Gasteiger partial charge in [0.15, 0.2) is 0 Å². The van der Waals surface area contributed by atoms with Gasteiger partial charge in [-0.1, -0.05) is 6.92 Å². The van der Waals surface area contributed by atoms with Gasteiger partial charge in [0, 0.05) is 18.2 Å². The second kappa shape index (κ2) is 4.65. The summed E-state index contributed by atoms with van der Waals surface area (Å²) in [4.78, 5) is 23.8. The van der Waals surface area contributed by atoms with Crippen LogP contribution in [0.4, 0.5) is 0 Å². The Bertz CT molecular complexity index is 247. The molecule has 1 rings (SSSR count). The molecule has 0 saturated carbocycles. The van der Waals surface area contributed by atoms with E-state index < -0.39 is 12.0 Å². The fourth-order valence-electron chi connectivity index (χ4n) is 1.25. The Morgan fingerprint density at radius 1 is 1.71 bits per heavy atom. The van der Waals surface area contributed by atoms with E-state index in [0.29, 0.717) is 11.6 Å². The Labute approximate surface area is 86.6 Å². The van der Waals surface area contributed by atoms with Gasteiger partial charge in [-0.15, -0.1) is 11.8 Å². The molecular formula is C8H14N2O3S. The molecule has 0 aromatic carbocycles. The van der Waals surface area contributed by atoms with Crippen LogP contribution in [0.5, 0.6) is 0 Å². The lowest BCUT2D eigenvalue weighted by Crippen LogP contribution is -2.45. The highest BCUT2D eigenvalue weighted by Crippen LogP contribution is 2.22. The summed E-state index contributed by atoms with van der Waals surface area (Å²) in [6.45, 7) is 1.97. The van der Waals surface area contributed by atoms with E-state index in [1.807, 2.05) is 0 Å². The van der Waals surface area contributed by atoms with Gasteiger partial charge < -0.3 is 15.7 Å². The van der Waals surface area contributed by atoms with Crippen molar-refractivity contribution in [2.24, 2.45) is 11.7 Å². The van der Waals surface area contributed by atoms with Gasteiger partial charge in [0.05, 0.1) is 5.88 Å². The number of hydrogen-bond donors (Lipinski definition) is 2. The lowest BCUT2D eigenvalue weighted by Gasteiger charge is -2.23. The van der Waals surface area contributed by atoms with Crippen molar-refractivity contribution in [1.82, 2.24) is 4.90 Å². The predicted molar refractivity (Wildman–Crippen MR) is 53.8 cm³/mol. The molecule has 0 aliphatic carbocycles. The third-order valence-electron chi connectivity index (χ3n) is 2.23. The SMILES string of the molecule is CC(CN)C(=O)N1CSC[C@H]1C(=O)O. The lowest BCUT2D eigenvalue weighted by molar-refractivity contribution is -0.149. The van der Waals surface area contributed by atoms with Crippen LogP contribution in [0, 0.1) is 5.92 Å². The fraction of sp³-hybridized carbons (Fsp3) is 0.750. The summed E-state index contributed by atoms with van der Waals surface area (Å²) in [6, 6.07) is -0.679. The van der Waals surface area contributed by atoms with Crippen LogP contribution in [0.1, 0.15) is 6.92 Å². The Hall–Kier alpha value is -0.750. The maximum absolute atomic E-state index is 11.7. The van der Waals surface area contributed by atoms with E-state index in [9.17, 15) is 9.59 Å². The van der Waals surface area contributed by atoms with E-state index >= 15 is 0 Å². The van der Waals surface area contributed by atoms with Crippen molar-refractivity contribution < 1.29 is 14.7 Å². The number of rotatable bonds is 3. The highest BCUT2D eigenvalue weighted by atomic mass is 32.2. The molecule has 2 atom stereocenters. The summed E-state index contributed by atoms with van der Waals surface area (Å²) < 4.78 is 0. The topological polar surface area (TPSA) is 83.6 Å².